The molecule has 3 nitrogen and oxygen atoms in total. The second-order valence-electron chi connectivity index (χ2n) is 5.06. The molecular formula is C13H14F3NO2. The first-order valence-electron chi connectivity index (χ1n) is 5.97. The number of alkyl halides is 3. The van der Waals surface area contributed by atoms with Gasteiger partial charge in [-0.2, -0.15) is 13.2 Å². The molecule has 1 fully saturated rings. The second kappa shape index (κ2) is 4.51. The molecule has 1 heterocycles. The summed E-state index contributed by atoms with van der Waals surface area (Å²) in [6.45, 7) is 1.78. The van der Waals surface area contributed by atoms with Gasteiger partial charge < -0.3 is 5.11 Å². The van der Waals surface area contributed by atoms with Crippen LogP contribution in [0.5, 0.6) is 0 Å². The van der Waals surface area contributed by atoms with Crippen molar-refractivity contribution in [3.05, 3.63) is 29.6 Å². The molecule has 1 saturated carbocycles. The quantitative estimate of drug-likeness (QED) is 0.915. The summed E-state index contributed by atoms with van der Waals surface area (Å²) in [4.78, 5) is 14.8. The first-order chi connectivity index (χ1) is 8.76. The SMILES string of the molecule is Cc1ccc(C(CC(=O)O)C2(C(F)(F)F)CC2)nc1. The number of hydrogen-bond acceptors (Lipinski definition) is 2. The van der Waals surface area contributed by atoms with E-state index >= 15 is 0 Å². The van der Waals surface area contributed by atoms with Gasteiger partial charge in [0.2, 0.25) is 0 Å². The number of nitrogens with zero attached hydrogens (tertiary/aromatic N) is 1. The van der Waals surface area contributed by atoms with Gasteiger partial charge in [0.05, 0.1) is 11.8 Å². The Morgan fingerprint density at radius 2 is 2.11 bits per heavy atom. The van der Waals surface area contributed by atoms with Gasteiger partial charge in [0.15, 0.2) is 0 Å². The van der Waals surface area contributed by atoms with Crippen molar-refractivity contribution in [1.82, 2.24) is 4.98 Å². The molecule has 0 bridgehead atoms. The van der Waals surface area contributed by atoms with E-state index in [9.17, 15) is 18.0 Å². The molecule has 2 rings (SSSR count). The Morgan fingerprint density at radius 3 is 2.47 bits per heavy atom. The average molecular weight is 273 g/mol. The highest BCUT2D eigenvalue weighted by Gasteiger charge is 2.67. The van der Waals surface area contributed by atoms with Gasteiger partial charge in [0, 0.05) is 17.8 Å². The number of hydrogen-bond donors (Lipinski definition) is 1. The molecule has 0 aromatic carbocycles. The number of aryl methyl sites for hydroxylation is 1. The fourth-order valence-electron chi connectivity index (χ4n) is 2.41. The van der Waals surface area contributed by atoms with Crippen LogP contribution in [0.2, 0.25) is 0 Å². The minimum absolute atomic E-state index is 0.0238. The molecule has 0 aliphatic heterocycles. The lowest BCUT2D eigenvalue weighted by molar-refractivity contribution is -0.195. The highest BCUT2D eigenvalue weighted by atomic mass is 19.4. The van der Waals surface area contributed by atoms with Crippen molar-refractivity contribution in [2.75, 3.05) is 0 Å². The number of halogens is 3. The molecule has 104 valence electrons. The predicted octanol–water partition coefficient (Wildman–Crippen LogP) is 3.29. The smallest absolute Gasteiger partial charge is 0.395 e. The summed E-state index contributed by atoms with van der Waals surface area (Å²) < 4.78 is 39.4. The summed E-state index contributed by atoms with van der Waals surface area (Å²) in [6.07, 6.45) is -3.51. The highest BCUT2D eigenvalue weighted by molar-refractivity contribution is 5.68. The van der Waals surface area contributed by atoms with Gasteiger partial charge in [-0.1, -0.05) is 6.07 Å². The summed E-state index contributed by atoms with van der Waals surface area (Å²) in [7, 11) is 0. The predicted molar refractivity (Wildman–Crippen MR) is 61.7 cm³/mol. The van der Waals surface area contributed by atoms with Gasteiger partial charge in [-0.25, -0.2) is 0 Å². The Bertz CT molecular complexity index is 478. The number of carboxylic acid groups (broad SMARTS) is 1. The van der Waals surface area contributed by atoms with Crippen LogP contribution in [-0.4, -0.2) is 22.2 Å². The van der Waals surface area contributed by atoms with E-state index in [-0.39, 0.29) is 18.5 Å². The van der Waals surface area contributed by atoms with Gasteiger partial charge in [-0.05, 0) is 31.4 Å². The Kier molecular flexibility index (Phi) is 3.28. The van der Waals surface area contributed by atoms with Gasteiger partial charge in [0.1, 0.15) is 0 Å². The number of rotatable bonds is 4. The average Bonchev–Trinajstić information content (AvgIpc) is 3.07. The van der Waals surface area contributed by atoms with E-state index in [1.165, 1.54) is 12.3 Å². The Labute approximate surface area is 108 Å². The number of pyridine rings is 1. The number of carboxylic acids is 1. The van der Waals surface area contributed by atoms with E-state index in [2.05, 4.69) is 4.98 Å². The third-order valence-electron chi connectivity index (χ3n) is 3.69. The van der Waals surface area contributed by atoms with Crippen LogP contribution in [0.3, 0.4) is 0 Å². The fourth-order valence-corrected chi connectivity index (χ4v) is 2.41. The maximum atomic E-state index is 13.1. The Balaban J connectivity index is 2.37. The lowest BCUT2D eigenvalue weighted by Crippen LogP contribution is -2.32. The number of aliphatic carboxylic acids is 1. The molecule has 1 N–H and O–H groups in total. The van der Waals surface area contributed by atoms with Crippen molar-refractivity contribution in [1.29, 1.82) is 0 Å². The van der Waals surface area contributed by atoms with Crippen LogP contribution in [0.4, 0.5) is 13.2 Å². The summed E-state index contributed by atoms with van der Waals surface area (Å²) in [5, 5.41) is 8.86. The van der Waals surface area contributed by atoms with Crippen molar-refractivity contribution in [2.45, 2.75) is 38.3 Å². The standard InChI is InChI=1S/C13H14F3NO2/c1-8-2-3-10(17-7-8)9(6-11(18)19)12(4-5-12)13(14,15)16/h2-3,7,9H,4-6H2,1H3,(H,18,19). The highest BCUT2D eigenvalue weighted by Crippen LogP contribution is 2.65. The van der Waals surface area contributed by atoms with E-state index in [0.717, 1.165) is 5.56 Å². The van der Waals surface area contributed by atoms with Crippen LogP contribution in [0.25, 0.3) is 0 Å². The molecule has 1 aromatic heterocycles. The van der Waals surface area contributed by atoms with Crippen LogP contribution >= 0.6 is 0 Å². The van der Waals surface area contributed by atoms with Crippen molar-refractivity contribution in [2.24, 2.45) is 5.41 Å². The van der Waals surface area contributed by atoms with Crippen molar-refractivity contribution in [3.63, 3.8) is 0 Å². The van der Waals surface area contributed by atoms with Gasteiger partial charge in [-0.15, -0.1) is 0 Å². The molecule has 0 saturated heterocycles. The van der Waals surface area contributed by atoms with E-state index in [1.54, 1.807) is 13.0 Å². The van der Waals surface area contributed by atoms with Crippen LogP contribution < -0.4 is 0 Å². The topological polar surface area (TPSA) is 50.2 Å². The van der Waals surface area contributed by atoms with Crippen LogP contribution in [-0.2, 0) is 4.79 Å². The van der Waals surface area contributed by atoms with Crippen molar-refractivity contribution in [3.8, 4) is 0 Å². The minimum Gasteiger partial charge on any atom is -0.481 e. The first kappa shape index (κ1) is 13.8. The minimum atomic E-state index is -4.39. The van der Waals surface area contributed by atoms with E-state index in [1.807, 2.05) is 0 Å². The lowest BCUT2D eigenvalue weighted by atomic mass is 9.82. The molecule has 6 heteroatoms. The Hall–Kier alpha value is -1.59. The van der Waals surface area contributed by atoms with E-state index < -0.39 is 29.9 Å². The van der Waals surface area contributed by atoms with Gasteiger partial charge >= 0.3 is 12.1 Å². The third kappa shape index (κ3) is 2.57. The molecule has 0 spiro atoms. The normalized spacial score (nSPS) is 18.9. The lowest BCUT2D eigenvalue weighted by Gasteiger charge is -2.27. The van der Waals surface area contributed by atoms with Crippen LogP contribution in [0, 0.1) is 12.3 Å². The summed E-state index contributed by atoms with van der Waals surface area (Å²) >= 11 is 0. The molecule has 1 aromatic rings. The number of aromatic nitrogens is 1. The monoisotopic (exact) mass is 273 g/mol. The van der Waals surface area contributed by atoms with Gasteiger partial charge in [-0.3, -0.25) is 9.78 Å². The summed E-state index contributed by atoms with van der Waals surface area (Å²) in [5.74, 6) is -2.34. The Morgan fingerprint density at radius 1 is 1.47 bits per heavy atom. The maximum absolute atomic E-state index is 13.1. The molecule has 1 aliphatic carbocycles. The van der Waals surface area contributed by atoms with Crippen LogP contribution in [0.15, 0.2) is 18.3 Å². The maximum Gasteiger partial charge on any atom is 0.395 e. The zero-order valence-corrected chi connectivity index (χ0v) is 10.4. The molecule has 19 heavy (non-hydrogen) atoms. The number of carbonyl (C=O) groups is 1. The molecular weight excluding hydrogens is 259 g/mol. The third-order valence-corrected chi connectivity index (χ3v) is 3.69. The van der Waals surface area contributed by atoms with Crippen molar-refractivity contribution < 1.29 is 23.1 Å². The molecule has 1 unspecified atom stereocenters. The molecule has 0 amide bonds. The first-order valence-corrected chi connectivity index (χ1v) is 5.97. The molecule has 1 aliphatic rings. The molecule has 0 radical (unpaired) electrons. The zero-order chi connectivity index (χ0) is 14.3. The van der Waals surface area contributed by atoms with Crippen LogP contribution in [0.1, 0.15) is 36.4 Å². The zero-order valence-electron chi connectivity index (χ0n) is 10.4. The summed E-state index contributed by atoms with van der Waals surface area (Å²) in [5.41, 5.74) is -0.870. The van der Waals surface area contributed by atoms with E-state index in [4.69, 9.17) is 5.11 Å². The fraction of sp³-hybridized carbons (Fsp3) is 0.538. The van der Waals surface area contributed by atoms with Gasteiger partial charge in [0.25, 0.3) is 0 Å². The largest absolute Gasteiger partial charge is 0.481 e. The van der Waals surface area contributed by atoms with E-state index in [0.29, 0.717) is 0 Å². The second-order valence-corrected chi connectivity index (χ2v) is 5.06. The summed E-state index contributed by atoms with van der Waals surface area (Å²) in [6, 6.07) is 3.15. The van der Waals surface area contributed by atoms with Crippen molar-refractivity contribution >= 4 is 5.97 Å². The molecule has 1 atom stereocenters.